The number of benzene rings is 1. The van der Waals surface area contributed by atoms with Crippen LogP contribution in [0.15, 0.2) is 41.0 Å². The van der Waals surface area contributed by atoms with E-state index in [0.717, 1.165) is 0 Å². The fourth-order valence-corrected chi connectivity index (χ4v) is 1.79. The average molecular weight is 304 g/mol. The summed E-state index contributed by atoms with van der Waals surface area (Å²) in [6.07, 6.45) is 1.40. The maximum atomic E-state index is 11.5. The second-order valence-electron chi connectivity index (χ2n) is 4.28. The molecule has 2 aromatic rings. The van der Waals surface area contributed by atoms with Crippen molar-refractivity contribution in [2.45, 2.75) is 13.5 Å². The van der Waals surface area contributed by atoms with E-state index in [9.17, 15) is 9.59 Å². The van der Waals surface area contributed by atoms with Crippen LogP contribution in [0.1, 0.15) is 33.4 Å². The average Bonchev–Trinajstić information content (AvgIpc) is 3.01. The van der Waals surface area contributed by atoms with Crippen LogP contribution in [0.2, 0.25) is 0 Å². The molecule has 0 radical (unpaired) electrons. The fraction of sp³-hybridized carbons (Fsp3) is 0.250. The summed E-state index contributed by atoms with van der Waals surface area (Å²) in [5.41, 5.74) is 0.771. The number of hydrogen-bond acceptors (Lipinski definition) is 6. The zero-order valence-electron chi connectivity index (χ0n) is 12.3. The lowest BCUT2D eigenvalue weighted by Crippen LogP contribution is -2.06. The Labute approximate surface area is 127 Å². The molecule has 0 bridgehead atoms. The highest BCUT2D eigenvalue weighted by Crippen LogP contribution is 2.18. The van der Waals surface area contributed by atoms with E-state index >= 15 is 0 Å². The van der Waals surface area contributed by atoms with Crippen LogP contribution in [-0.4, -0.2) is 25.7 Å². The summed E-state index contributed by atoms with van der Waals surface area (Å²) in [6, 6.07) is 8.03. The van der Waals surface area contributed by atoms with Gasteiger partial charge < -0.3 is 18.6 Å². The Morgan fingerprint density at radius 1 is 1.09 bits per heavy atom. The van der Waals surface area contributed by atoms with Crippen molar-refractivity contribution in [1.82, 2.24) is 0 Å². The molecule has 6 nitrogen and oxygen atoms in total. The van der Waals surface area contributed by atoms with Crippen molar-refractivity contribution >= 4 is 11.9 Å². The smallest absolute Gasteiger partial charge is 0.341 e. The molecule has 0 unspecified atom stereocenters. The zero-order chi connectivity index (χ0) is 15.9. The molecule has 0 saturated heterocycles. The van der Waals surface area contributed by atoms with Gasteiger partial charge in [0.15, 0.2) is 5.76 Å². The number of carbonyl (C=O) groups is 2. The minimum atomic E-state index is -0.481. The van der Waals surface area contributed by atoms with Gasteiger partial charge in [-0.3, -0.25) is 0 Å². The van der Waals surface area contributed by atoms with E-state index in [4.69, 9.17) is 13.9 Å². The highest BCUT2D eigenvalue weighted by Gasteiger charge is 2.15. The number of carbonyl (C=O) groups excluding carboxylic acids is 2. The minimum Gasteiger partial charge on any atom is -0.486 e. The molecule has 1 heterocycles. The maximum Gasteiger partial charge on any atom is 0.341 e. The van der Waals surface area contributed by atoms with Crippen molar-refractivity contribution < 1.29 is 28.2 Å². The Hall–Kier alpha value is -2.76. The van der Waals surface area contributed by atoms with Gasteiger partial charge >= 0.3 is 11.9 Å². The molecule has 116 valence electrons. The van der Waals surface area contributed by atoms with Gasteiger partial charge in [-0.2, -0.15) is 0 Å². The zero-order valence-corrected chi connectivity index (χ0v) is 12.3. The Kier molecular flexibility index (Phi) is 5.19. The van der Waals surface area contributed by atoms with Gasteiger partial charge in [0.1, 0.15) is 17.9 Å². The van der Waals surface area contributed by atoms with Crippen molar-refractivity contribution in [2.75, 3.05) is 13.7 Å². The quantitative estimate of drug-likeness (QED) is 0.764. The largest absolute Gasteiger partial charge is 0.486 e. The van der Waals surface area contributed by atoms with Crippen molar-refractivity contribution in [3.8, 4) is 5.75 Å². The first-order valence-corrected chi connectivity index (χ1v) is 6.70. The van der Waals surface area contributed by atoms with Gasteiger partial charge in [-0.05, 0) is 37.3 Å². The van der Waals surface area contributed by atoms with Crippen molar-refractivity contribution in [1.29, 1.82) is 0 Å². The predicted molar refractivity (Wildman–Crippen MR) is 76.8 cm³/mol. The van der Waals surface area contributed by atoms with E-state index in [1.54, 1.807) is 31.2 Å². The van der Waals surface area contributed by atoms with E-state index in [-0.39, 0.29) is 12.6 Å². The number of hydrogen-bond donors (Lipinski definition) is 0. The van der Waals surface area contributed by atoms with Gasteiger partial charge in [0, 0.05) is 0 Å². The molecule has 0 aliphatic heterocycles. The lowest BCUT2D eigenvalue weighted by atomic mass is 10.2. The number of rotatable bonds is 6. The van der Waals surface area contributed by atoms with E-state index in [1.165, 1.54) is 19.4 Å². The van der Waals surface area contributed by atoms with Crippen molar-refractivity contribution in [3.63, 3.8) is 0 Å². The first kappa shape index (κ1) is 15.6. The monoisotopic (exact) mass is 304 g/mol. The Balaban J connectivity index is 1.99. The highest BCUT2D eigenvalue weighted by molar-refractivity contribution is 5.90. The normalized spacial score (nSPS) is 10.1. The number of methoxy groups -OCH3 is 1. The summed E-state index contributed by atoms with van der Waals surface area (Å²) in [5.74, 6) is 0.0552. The molecular weight excluding hydrogens is 288 g/mol. The molecule has 2 rings (SSSR count). The Morgan fingerprint density at radius 2 is 1.82 bits per heavy atom. The summed E-state index contributed by atoms with van der Waals surface area (Å²) >= 11 is 0. The third kappa shape index (κ3) is 3.66. The Bertz CT molecular complexity index is 641. The van der Waals surface area contributed by atoms with Gasteiger partial charge in [0.2, 0.25) is 0 Å². The topological polar surface area (TPSA) is 75.0 Å². The fourth-order valence-electron chi connectivity index (χ4n) is 1.79. The molecule has 1 aromatic carbocycles. The lowest BCUT2D eigenvalue weighted by Gasteiger charge is -2.07. The third-order valence-corrected chi connectivity index (χ3v) is 2.89. The Morgan fingerprint density at radius 3 is 2.45 bits per heavy atom. The molecule has 0 N–H and O–H groups in total. The molecule has 0 spiro atoms. The number of ether oxygens (including phenoxy) is 3. The van der Waals surface area contributed by atoms with Crippen LogP contribution in [0.4, 0.5) is 0 Å². The number of furan rings is 1. The highest BCUT2D eigenvalue weighted by atomic mass is 16.5. The molecule has 0 atom stereocenters. The molecule has 6 heteroatoms. The molecule has 0 fully saturated rings. The van der Waals surface area contributed by atoms with Gasteiger partial charge in [0.05, 0.1) is 25.5 Å². The van der Waals surface area contributed by atoms with Crippen LogP contribution < -0.4 is 4.74 Å². The van der Waals surface area contributed by atoms with Crippen LogP contribution >= 0.6 is 0 Å². The first-order valence-electron chi connectivity index (χ1n) is 6.70. The third-order valence-electron chi connectivity index (χ3n) is 2.89. The molecule has 22 heavy (non-hydrogen) atoms. The van der Waals surface area contributed by atoms with Crippen LogP contribution in [0, 0.1) is 0 Å². The molecule has 0 amide bonds. The molecular formula is C16H16O6. The van der Waals surface area contributed by atoms with E-state index in [0.29, 0.717) is 29.2 Å². The molecule has 1 aromatic heterocycles. The second-order valence-corrected chi connectivity index (χ2v) is 4.28. The molecule has 0 aliphatic carbocycles. The lowest BCUT2D eigenvalue weighted by molar-refractivity contribution is 0.0525. The summed E-state index contributed by atoms with van der Waals surface area (Å²) in [4.78, 5) is 23.0. The van der Waals surface area contributed by atoms with Crippen LogP contribution in [-0.2, 0) is 16.1 Å². The summed E-state index contributed by atoms with van der Waals surface area (Å²) in [6.45, 7) is 2.15. The van der Waals surface area contributed by atoms with Crippen molar-refractivity contribution in [3.05, 3.63) is 53.5 Å². The first-order chi connectivity index (χ1) is 10.7. The SMILES string of the molecule is CCOC(=O)c1ccc(OCc2occc2C(=O)OC)cc1. The summed E-state index contributed by atoms with van der Waals surface area (Å²) in [5, 5.41) is 0. The number of esters is 2. The van der Waals surface area contributed by atoms with E-state index in [1.807, 2.05) is 0 Å². The minimum absolute atomic E-state index is 0.0796. The second kappa shape index (κ2) is 7.31. The van der Waals surface area contributed by atoms with Crippen LogP contribution in [0.3, 0.4) is 0 Å². The molecule has 0 saturated carbocycles. The summed E-state index contributed by atoms with van der Waals surface area (Å²) in [7, 11) is 1.30. The van der Waals surface area contributed by atoms with Gasteiger partial charge in [0.25, 0.3) is 0 Å². The van der Waals surface area contributed by atoms with E-state index < -0.39 is 5.97 Å². The van der Waals surface area contributed by atoms with Gasteiger partial charge in [-0.25, -0.2) is 9.59 Å². The predicted octanol–water partition coefficient (Wildman–Crippen LogP) is 2.82. The standard InChI is InChI=1S/C16H16O6/c1-3-20-15(17)11-4-6-12(7-5-11)22-10-14-13(8-9-21-14)16(18)19-2/h4-9H,3,10H2,1-2H3. The van der Waals surface area contributed by atoms with Crippen LogP contribution in [0.5, 0.6) is 5.75 Å². The van der Waals surface area contributed by atoms with Crippen LogP contribution in [0.25, 0.3) is 0 Å². The molecule has 0 aliphatic rings. The summed E-state index contributed by atoms with van der Waals surface area (Å²) < 4.78 is 20.3. The van der Waals surface area contributed by atoms with Crippen molar-refractivity contribution in [2.24, 2.45) is 0 Å². The van der Waals surface area contributed by atoms with Gasteiger partial charge in [-0.15, -0.1) is 0 Å². The van der Waals surface area contributed by atoms with E-state index in [2.05, 4.69) is 4.74 Å². The van der Waals surface area contributed by atoms with Gasteiger partial charge in [-0.1, -0.05) is 0 Å². The maximum absolute atomic E-state index is 11.5.